The predicted molar refractivity (Wildman–Crippen MR) is 74.9 cm³/mol. The van der Waals surface area contributed by atoms with E-state index in [-0.39, 0.29) is 18.5 Å². The summed E-state index contributed by atoms with van der Waals surface area (Å²) in [5, 5.41) is 8.67. The lowest BCUT2D eigenvalue weighted by atomic mass is 10.1. The summed E-state index contributed by atoms with van der Waals surface area (Å²) in [5.74, 6) is 0.748. The smallest absolute Gasteiger partial charge is 0.310 e. The summed E-state index contributed by atoms with van der Waals surface area (Å²) in [4.78, 5) is 11.5. The molecule has 0 saturated heterocycles. The van der Waals surface area contributed by atoms with E-state index in [9.17, 15) is 4.79 Å². The Balaban J connectivity index is 2.93. The van der Waals surface area contributed by atoms with E-state index in [0.29, 0.717) is 23.7 Å². The van der Waals surface area contributed by atoms with Gasteiger partial charge < -0.3 is 19.3 Å². The monoisotopic (exact) mass is 280 g/mol. The fourth-order valence-electron chi connectivity index (χ4n) is 1.61. The highest BCUT2D eigenvalue weighted by Crippen LogP contribution is 2.26. The van der Waals surface area contributed by atoms with Gasteiger partial charge in [0.05, 0.1) is 19.1 Å². The molecule has 1 N–H and O–H groups in total. The van der Waals surface area contributed by atoms with Crippen LogP contribution in [-0.2, 0) is 16.0 Å². The van der Waals surface area contributed by atoms with Gasteiger partial charge in [-0.3, -0.25) is 4.79 Å². The molecule has 0 aliphatic carbocycles. The molecule has 0 fully saturated rings. The molecular formula is C15H20O5. The van der Waals surface area contributed by atoms with E-state index in [0.717, 1.165) is 12.5 Å². The first-order valence-corrected chi connectivity index (χ1v) is 6.48. The molecule has 0 spiro atoms. The van der Waals surface area contributed by atoms with Crippen LogP contribution in [0, 0.1) is 0 Å². The number of esters is 1. The van der Waals surface area contributed by atoms with Crippen LogP contribution in [0.25, 0.3) is 0 Å². The lowest BCUT2D eigenvalue weighted by molar-refractivity contribution is -0.142. The highest BCUT2D eigenvalue weighted by atomic mass is 16.5. The zero-order valence-electron chi connectivity index (χ0n) is 12.0. The van der Waals surface area contributed by atoms with Gasteiger partial charge in [0.1, 0.15) is 24.0 Å². The van der Waals surface area contributed by atoms with Crippen LogP contribution >= 0.6 is 0 Å². The molecule has 0 aromatic heterocycles. The molecule has 0 radical (unpaired) electrons. The van der Waals surface area contributed by atoms with Crippen molar-refractivity contribution in [3.63, 3.8) is 0 Å². The summed E-state index contributed by atoms with van der Waals surface area (Å²) in [6.45, 7) is 5.92. The normalized spacial score (nSPS) is 10.8. The van der Waals surface area contributed by atoms with Crippen molar-refractivity contribution in [3.8, 4) is 11.5 Å². The molecule has 1 rings (SSSR count). The van der Waals surface area contributed by atoms with Crippen molar-refractivity contribution in [1.82, 2.24) is 0 Å². The van der Waals surface area contributed by atoms with Gasteiger partial charge in [0.25, 0.3) is 0 Å². The minimum atomic E-state index is -0.331. The largest absolute Gasteiger partial charge is 0.512 e. The van der Waals surface area contributed by atoms with Crippen molar-refractivity contribution in [2.45, 2.75) is 33.3 Å². The molecule has 1 aromatic rings. The average Bonchev–Trinajstić information content (AvgIpc) is 2.38. The third kappa shape index (κ3) is 5.22. The lowest BCUT2D eigenvalue weighted by Crippen LogP contribution is -2.09. The van der Waals surface area contributed by atoms with Crippen molar-refractivity contribution in [2.24, 2.45) is 0 Å². The zero-order chi connectivity index (χ0) is 15.0. The molecule has 0 aliphatic rings. The van der Waals surface area contributed by atoms with E-state index >= 15 is 0 Å². The summed E-state index contributed by atoms with van der Waals surface area (Å²) >= 11 is 0. The van der Waals surface area contributed by atoms with Crippen LogP contribution in [0.4, 0.5) is 0 Å². The second kappa shape index (κ2) is 8.09. The Morgan fingerprint density at radius 1 is 1.40 bits per heavy atom. The van der Waals surface area contributed by atoms with Gasteiger partial charge in [-0.25, -0.2) is 0 Å². The van der Waals surface area contributed by atoms with Crippen LogP contribution in [0.1, 0.15) is 26.3 Å². The Bertz CT molecular complexity index is 465. The van der Waals surface area contributed by atoms with Crippen LogP contribution in [0.5, 0.6) is 11.5 Å². The first kappa shape index (κ1) is 15.9. The number of aliphatic hydroxyl groups is 1. The first-order chi connectivity index (χ1) is 9.56. The standard InChI is InChI=1S/C15H20O5/c1-4-18-15(17)9-12-5-6-13(20-11(2)3)10-14(12)19-8-7-16/h5-8,10-11,16H,4,9H2,1-3H3. The van der Waals surface area contributed by atoms with Crippen molar-refractivity contribution in [3.05, 3.63) is 36.3 Å². The molecule has 1 aromatic carbocycles. The molecule has 0 aliphatic heterocycles. The van der Waals surface area contributed by atoms with E-state index in [4.69, 9.17) is 19.3 Å². The summed E-state index contributed by atoms with van der Waals surface area (Å²) in [6.07, 6.45) is 2.05. The highest BCUT2D eigenvalue weighted by molar-refractivity contribution is 5.73. The van der Waals surface area contributed by atoms with Gasteiger partial charge in [-0.05, 0) is 26.8 Å². The molecule has 0 amide bonds. The number of carbonyl (C=O) groups is 1. The van der Waals surface area contributed by atoms with Gasteiger partial charge in [-0.15, -0.1) is 0 Å². The molecule has 5 heteroatoms. The van der Waals surface area contributed by atoms with Crippen LogP contribution in [0.2, 0.25) is 0 Å². The van der Waals surface area contributed by atoms with E-state index < -0.39 is 0 Å². The third-order valence-corrected chi connectivity index (χ3v) is 2.31. The molecule has 20 heavy (non-hydrogen) atoms. The SMILES string of the molecule is CCOC(=O)Cc1ccc(OC(C)C)cc1OC=CO. The van der Waals surface area contributed by atoms with Crippen LogP contribution in [0.3, 0.4) is 0 Å². The Hall–Kier alpha value is -2.17. The number of hydrogen-bond acceptors (Lipinski definition) is 5. The van der Waals surface area contributed by atoms with Gasteiger partial charge in [0.2, 0.25) is 0 Å². The maximum absolute atomic E-state index is 11.5. The van der Waals surface area contributed by atoms with Crippen molar-refractivity contribution in [2.75, 3.05) is 6.61 Å². The van der Waals surface area contributed by atoms with E-state index in [1.165, 1.54) is 0 Å². The number of carbonyl (C=O) groups excluding carboxylic acids is 1. The third-order valence-electron chi connectivity index (χ3n) is 2.31. The number of rotatable bonds is 7. The molecule has 0 unspecified atom stereocenters. The number of aliphatic hydroxyl groups excluding tert-OH is 1. The lowest BCUT2D eigenvalue weighted by Gasteiger charge is -2.13. The second-order valence-electron chi connectivity index (χ2n) is 4.32. The molecule has 0 atom stereocenters. The minimum absolute atomic E-state index is 0.0344. The zero-order valence-corrected chi connectivity index (χ0v) is 12.0. The van der Waals surface area contributed by atoms with E-state index in [1.54, 1.807) is 25.1 Å². The summed E-state index contributed by atoms with van der Waals surface area (Å²) in [7, 11) is 0. The van der Waals surface area contributed by atoms with Crippen molar-refractivity contribution in [1.29, 1.82) is 0 Å². The Morgan fingerprint density at radius 3 is 2.75 bits per heavy atom. The number of benzene rings is 1. The molecule has 5 nitrogen and oxygen atoms in total. The van der Waals surface area contributed by atoms with E-state index in [1.807, 2.05) is 13.8 Å². The molecule has 110 valence electrons. The molecule has 0 saturated carbocycles. The molecule has 0 bridgehead atoms. The Morgan fingerprint density at radius 2 is 2.15 bits per heavy atom. The fraction of sp³-hybridized carbons (Fsp3) is 0.400. The maximum Gasteiger partial charge on any atom is 0.310 e. The van der Waals surface area contributed by atoms with Crippen LogP contribution in [0.15, 0.2) is 30.7 Å². The van der Waals surface area contributed by atoms with Gasteiger partial charge in [0, 0.05) is 11.6 Å². The Labute approximate surface area is 118 Å². The molecule has 0 heterocycles. The maximum atomic E-state index is 11.5. The first-order valence-electron chi connectivity index (χ1n) is 6.48. The van der Waals surface area contributed by atoms with Gasteiger partial charge >= 0.3 is 5.97 Å². The second-order valence-corrected chi connectivity index (χ2v) is 4.32. The number of hydrogen-bond donors (Lipinski definition) is 1. The van der Waals surface area contributed by atoms with Crippen molar-refractivity contribution >= 4 is 5.97 Å². The van der Waals surface area contributed by atoms with Crippen LogP contribution in [-0.4, -0.2) is 23.8 Å². The summed E-state index contributed by atoms with van der Waals surface area (Å²) in [6, 6.07) is 5.19. The minimum Gasteiger partial charge on any atom is -0.512 e. The highest BCUT2D eigenvalue weighted by Gasteiger charge is 2.11. The quantitative estimate of drug-likeness (QED) is 0.614. The molecular weight excluding hydrogens is 260 g/mol. The topological polar surface area (TPSA) is 65.0 Å². The van der Waals surface area contributed by atoms with E-state index in [2.05, 4.69) is 0 Å². The number of ether oxygens (including phenoxy) is 3. The van der Waals surface area contributed by atoms with Crippen molar-refractivity contribution < 1.29 is 24.1 Å². The average molecular weight is 280 g/mol. The van der Waals surface area contributed by atoms with Gasteiger partial charge in [-0.1, -0.05) is 6.07 Å². The predicted octanol–water partition coefficient (Wildman–Crippen LogP) is 2.99. The van der Waals surface area contributed by atoms with Gasteiger partial charge in [-0.2, -0.15) is 0 Å². The fourth-order valence-corrected chi connectivity index (χ4v) is 1.61. The summed E-state index contributed by atoms with van der Waals surface area (Å²) < 4.78 is 15.7. The summed E-state index contributed by atoms with van der Waals surface area (Å²) in [5.41, 5.74) is 0.664. The van der Waals surface area contributed by atoms with Gasteiger partial charge in [0.15, 0.2) is 0 Å². The van der Waals surface area contributed by atoms with Crippen LogP contribution < -0.4 is 9.47 Å². The Kier molecular flexibility index (Phi) is 6.43.